The van der Waals surface area contributed by atoms with Crippen molar-refractivity contribution in [2.45, 2.75) is 19.4 Å². The molecule has 1 unspecified atom stereocenters. The summed E-state index contributed by atoms with van der Waals surface area (Å²) < 4.78 is 5.20. The van der Waals surface area contributed by atoms with Gasteiger partial charge in [-0.3, -0.25) is 4.79 Å². The Morgan fingerprint density at radius 2 is 2.00 bits per heavy atom. The van der Waals surface area contributed by atoms with E-state index in [9.17, 15) is 4.79 Å². The number of carbonyl (C=O) groups excluding carboxylic acids is 1. The molecule has 2 aromatic carbocycles. The number of benzene rings is 2. The molecule has 4 rings (SSSR count). The van der Waals surface area contributed by atoms with Gasteiger partial charge in [-0.25, -0.2) is 4.98 Å². The standard InChI is InChI=1S/C24H26ClN5O2/c1-32-20-10-8-19(9-11-20)28-22-12-13-26-24(29-22)30-14-4-6-18(16-30)23(31)27-15-17-5-2-3-7-21(17)25/h2-3,5,7-13,18H,4,6,14-16H2,1H3,(H,27,31)(H,26,28,29). The number of ether oxygens (including phenoxy) is 1. The first-order chi connectivity index (χ1) is 15.6. The van der Waals surface area contributed by atoms with Crippen molar-refractivity contribution in [3.63, 3.8) is 0 Å². The van der Waals surface area contributed by atoms with Gasteiger partial charge >= 0.3 is 0 Å². The summed E-state index contributed by atoms with van der Waals surface area (Å²) in [7, 11) is 1.64. The van der Waals surface area contributed by atoms with Gasteiger partial charge in [0.1, 0.15) is 11.6 Å². The van der Waals surface area contributed by atoms with Gasteiger partial charge in [0, 0.05) is 36.5 Å². The molecule has 0 bridgehead atoms. The van der Waals surface area contributed by atoms with E-state index in [0.717, 1.165) is 36.4 Å². The van der Waals surface area contributed by atoms with Crippen LogP contribution in [0.4, 0.5) is 17.5 Å². The number of anilines is 3. The fourth-order valence-corrected chi connectivity index (χ4v) is 3.94. The quantitative estimate of drug-likeness (QED) is 0.553. The number of piperidine rings is 1. The molecule has 0 radical (unpaired) electrons. The normalized spacial score (nSPS) is 15.8. The minimum atomic E-state index is -0.118. The maximum atomic E-state index is 12.8. The molecule has 1 saturated heterocycles. The summed E-state index contributed by atoms with van der Waals surface area (Å²) >= 11 is 6.20. The van der Waals surface area contributed by atoms with E-state index in [2.05, 4.69) is 25.5 Å². The fraction of sp³-hybridized carbons (Fsp3) is 0.292. The highest BCUT2D eigenvalue weighted by atomic mass is 35.5. The third kappa shape index (κ3) is 5.48. The Kier molecular flexibility index (Phi) is 7.07. The van der Waals surface area contributed by atoms with E-state index in [1.54, 1.807) is 13.3 Å². The molecule has 1 aliphatic rings. The third-order valence-electron chi connectivity index (χ3n) is 5.49. The third-order valence-corrected chi connectivity index (χ3v) is 5.86. The predicted molar refractivity (Wildman–Crippen MR) is 127 cm³/mol. The van der Waals surface area contributed by atoms with Crippen molar-refractivity contribution < 1.29 is 9.53 Å². The van der Waals surface area contributed by atoms with Gasteiger partial charge in [-0.15, -0.1) is 0 Å². The molecule has 166 valence electrons. The minimum absolute atomic E-state index is 0.0298. The summed E-state index contributed by atoms with van der Waals surface area (Å²) in [6, 6.07) is 17.0. The lowest BCUT2D eigenvalue weighted by Crippen LogP contribution is -2.43. The second-order valence-corrected chi connectivity index (χ2v) is 8.10. The average molecular weight is 452 g/mol. The maximum absolute atomic E-state index is 12.8. The van der Waals surface area contributed by atoms with Crippen molar-refractivity contribution in [1.82, 2.24) is 15.3 Å². The summed E-state index contributed by atoms with van der Waals surface area (Å²) in [4.78, 5) is 23.9. The van der Waals surface area contributed by atoms with Gasteiger partial charge in [0.25, 0.3) is 0 Å². The van der Waals surface area contributed by atoms with Crippen LogP contribution in [-0.2, 0) is 11.3 Å². The van der Waals surface area contributed by atoms with Crippen LogP contribution in [0.2, 0.25) is 5.02 Å². The molecule has 1 fully saturated rings. The number of halogens is 1. The van der Waals surface area contributed by atoms with Crippen LogP contribution in [-0.4, -0.2) is 36.1 Å². The Hall–Kier alpha value is -3.32. The first-order valence-corrected chi connectivity index (χ1v) is 11.0. The zero-order valence-electron chi connectivity index (χ0n) is 17.9. The Morgan fingerprint density at radius 3 is 2.78 bits per heavy atom. The zero-order valence-corrected chi connectivity index (χ0v) is 18.7. The number of amides is 1. The molecule has 1 aliphatic heterocycles. The number of methoxy groups -OCH3 is 1. The lowest BCUT2D eigenvalue weighted by Gasteiger charge is -2.32. The van der Waals surface area contributed by atoms with Crippen LogP contribution < -0.4 is 20.3 Å². The van der Waals surface area contributed by atoms with Gasteiger partial charge in [-0.2, -0.15) is 4.98 Å². The highest BCUT2D eigenvalue weighted by Gasteiger charge is 2.27. The number of aromatic nitrogens is 2. The maximum Gasteiger partial charge on any atom is 0.227 e. The van der Waals surface area contributed by atoms with E-state index >= 15 is 0 Å². The number of carbonyl (C=O) groups is 1. The van der Waals surface area contributed by atoms with E-state index in [-0.39, 0.29) is 11.8 Å². The molecule has 8 heteroatoms. The van der Waals surface area contributed by atoms with E-state index in [0.29, 0.717) is 29.9 Å². The number of rotatable bonds is 7. The van der Waals surface area contributed by atoms with Crippen LogP contribution in [0, 0.1) is 5.92 Å². The van der Waals surface area contributed by atoms with Gasteiger partial charge < -0.3 is 20.3 Å². The molecule has 0 spiro atoms. The van der Waals surface area contributed by atoms with Gasteiger partial charge in [-0.1, -0.05) is 29.8 Å². The molecule has 2 heterocycles. The van der Waals surface area contributed by atoms with Crippen LogP contribution >= 0.6 is 11.6 Å². The molecule has 2 N–H and O–H groups in total. The number of nitrogens with zero attached hydrogens (tertiary/aromatic N) is 3. The highest BCUT2D eigenvalue weighted by Crippen LogP contribution is 2.24. The summed E-state index contributed by atoms with van der Waals surface area (Å²) in [6.45, 7) is 1.83. The van der Waals surface area contributed by atoms with E-state index in [1.165, 1.54) is 0 Å². The van der Waals surface area contributed by atoms with Gasteiger partial charge in [0.2, 0.25) is 11.9 Å². The largest absolute Gasteiger partial charge is 0.497 e. The molecule has 1 aromatic heterocycles. The average Bonchev–Trinajstić information content (AvgIpc) is 2.84. The first-order valence-electron chi connectivity index (χ1n) is 10.6. The van der Waals surface area contributed by atoms with Crippen molar-refractivity contribution in [3.8, 4) is 5.75 Å². The summed E-state index contributed by atoms with van der Waals surface area (Å²) in [5.41, 5.74) is 1.82. The zero-order chi connectivity index (χ0) is 22.3. The lowest BCUT2D eigenvalue weighted by molar-refractivity contribution is -0.125. The number of nitrogens with one attached hydrogen (secondary N) is 2. The summed E-state index contributed by atoms with van der Waals surface area (Å²) in [5.74, 6) is 2.03. The van der Waals surface area contributed by atoms with Crippen molar-refractivity contribution in [2.75, 3.05) is 30.4 Å². The summed E-state index contributed by atoms with van der Waals surface area (Å²) in [5, 5.41) is 6.97. The lowest BCUT2D eigenvalue weighted by atomic mass is 9.97. The molecule has 3 aromatic rings. The number of hydrogen-bond donors (Lipinski definition) is 2. The summed E-state index contributed by atoms with van der Waals surface area (Å²) in [6.07, 6.45) is 3.48. The second-order valence-electron chi connectivity index (χ2n) is 7.69. The molecule has 1 amide bonds. The fourth-order valence-electron chi connectivity index (χ4n) is 3.73. The molecule has 0 saturated carbocycles. The first kappa shape index (κ1) is 21.9. The molecular formula is C24H26ClN5O2. The van der Waals surface area contributed by atoms with Gasteiger partial charge in [0.15, 0.2) is 0 Å². The van der Waals surface area contributed by atoms with Crippen LogP contribution in [0.15, 0.2) is 60.8 Å². The molecule has 7 nitrogen and oxygen atoms in total. The predicted octanol–water partition coefficient (Wildman–Crippen LogP) is 4.42. The van der Waals surface area contributed by atoms with Crippen LogP contribution in [0.3, 0.4) is 0 Å². The SMILES string of the molecule is COc1ccc(Nc2ccnc(N3CCCC(C(=O)NCc4ccccc4Cl)C3)n2)cc1. The molecule has 32 heavy (non-hydrogen) atoms. The minimum Gasteiger partial charge on any atom is -0.497 e. The molecule has 1 atom stereocenters. The van der Waals surface area contributed by atoms with Gasteiger partial charge in [-0.05, 0) is 54.8 Å². The van der Waals surface area contributed by atoms with E-state index < -0.39 is 0 Å². The smallest absolute Gasteiger partial charge is 0.227 e. The van der Waals surface area contributed by atoms with Crippen molar-refractivity contribution in [3.05, 3.63) is 71.4 Å². The van der Waals surface area contributed by atoms with Crippen LogP contribution in [0.25, 0.3) is 0 Å². The van der Waals surface area contributed by atoms with Crippen LogP contribution in [0.1, 0.15) is 18.4 Å². The molecular weight excluding hydrogens is 426 g/mol. The topological polar surface area (TPSA) is 79.4 Å². The second kappa shape index (κ2) is 10.3. The monoisotopic (exact) mass is 451 g/mol. The van der Waals surface area contributed by atoms with Crippen molar-refractivity contribution >= 4 is 35.0 Å². The Bertz CT molecular complexity index is 1060. The van der Waals surface area contributed by atoms with E-state index in [4.69, 9.17) is 16.3 Å². The van der Waals surface area contributed by atoms with Gasteiger partial charge in [0.05, 0.1) is 13.0 Å². The van der Waals surface area contributed by atoms with Crippen molar-refractivity contribution in [2.24, 2.45) is 5.92 Å². The Morgan fingerprint density at radius 1 is 1.19 bits per heavy atom. The highest BCUT2D eigenvalue weighted by molar-refractivity contribution is 6.31. The van der Waals surface area contributed by atoms with E-state index in [1.807, 2.05) is 54.6 Å². The Labute approximate surface area is 192 Å². The number of hydrogen-bond acceptors (Lipinski definition) is 6. The Balaban J connectivity index is 1.37. The molecule has 0 aliphatic carbocycles. The van der Waals surface area contributed by atoms with Crippen molar-refractivity contribution in [1.29, 1.82) is 0 Å². The van der Waals surface area contributed by atoms with Crippen LogP contribution in [0.5, 0.6) is 5.75 Å².